The molecule has 3 aromatic rings. The Morgan fingerprint density at radius 1 is 1.15 bits per heavy atom. The summed E-state index contributed by atoms with van der Waals surface area (Å²) in [5.41, 5.74) is 2.11. The average molecular weight is 427 g/mol. The molecule has 0 radical (unpaired) electrons. The molecule has 0 bridgehead atoms. The number of aromatic hydroxyl groups is 1. The number of phenols is 1. The zero-order valence-electron chi connectivity index (χ0n) is 14.6. The van der Waals surface area contributed by atoms with Gasteiger partial charge in [0.25, 0.3) is 5.69 Å². The highest BCUT2D eigenvalue weighted by Gasteiger charge is 2.29. The highest BCUT2D eigenvalue weighted by atomic mass is 79.9. The average Bonchev–Trinajstić information content (AvgIpc) is 3.10. The second-order valence-corrected chi connectivity index (χ2v) is 7.83. The highest BCUT2D eigenvalue weighted by Crippen LogP contribution is 2.42. The van der Waals surface area contributed by atoms with Crippen molar-refractivity contribution in [1.82, 2.24) is 4.90 Å². The summed E-state index contributed by atoms with van der Waals surface area (Å²) in [6, 6.07) is 16.7. The number of halogens is 1. The Labute approximate surface area is 165 Å². The van der Waals surface area contributed by atoms with E-state index in [1.54, 1.807) is 18.2 Å². The van der Waals surface area contributed by atoms with E-state index in [0.29, 0.717) is 12.3 Å². The largest absolute Gasteiger partial charge is 0.508 e. The summed E-state index contributed by atoms with van der Waals surface area (Å²) in [6.45, 7) is 1.64. The minimum absolute atomic E-state index is 0.106. The van der Waals surface area contributed by atoms with Crippen LogP contribution in [0.4, 0.5) is 5.69 Å². The van der Waals surface area contributed by atoms with Crippen molar-refractivity contribution in [2.24, 2.45) is 0 Å². The van der Waals surface area contributed by atoms with Gasteiger partial charge in [-0.1, -0.05) is 40.2 Å². The van der Waals surface area contributed by atoms with E-state index in [1.165, 1.54) is 0 Å². The quantitative estimate of drug-likeness (QED) is 0.438. The summed E-state index contributed by atoms with van der Waals surface area (Å²) < 4.78 is 1.01. The second-order valence-electron chi connectivity index (χ2n) is 6.92. The van der Waals surface area contributed by atoms with E-state index in [2.05, 4.69) is 33.0 Å². The summed E-state index contributed by atoms with van der Waals surface area (Å²) in [5, 5.41) is 23.6. The van der Waals surface area contributed by atoms with Gasteiger partial charge in [-0.05, 0) is 53.9 Å². The van der Waals surface area contributed by atoms with Crippen LogP contribution in [0.5, 0.6) is 5.75 Å². The molecular formula is C21H19BrN2O3. The lowest BCUT2D eigenvalue weighted by Crippen LogP contribution is -2.23. The Morgan fingerprint density at radius 2 is 1.93 bits per heavy atom. The molecule has 0 aliphatic carbocycles. The molecule has 1 heterocycles. The van der Waals surface area contributed by atoms with Crippen LogP contribution in [0.2, 0.25) is 0 Å². The van der Waals surface area contributed by atoms with E-state index in [1.807, 2.05) is 24.3 Å². The van der Waals surface area contributed by atoms with Gasteiger partial charge in [0.1, 0.15) is 5.75 Å². The molecule has 0 saturated carbocycles. The number of non-ortho nitro benzene ring substituents is 1. The third-order valence-corrected chi connectivity index (χ3v) is 5.72. The van der Waals surface area contributed by atoms with Crippen molar-refractivity contribution < 1.29 is 10.0 Å². The van der Waals surface area contributed by atoms with E-state index in [0.717, 1.165) is 45.8 Å². The molecule has 138 valence electrons. The molecule has 27 heavy (non-hydrogen) atoms. The first kappa shape index (κ1) is 17.9. The summed E-state index contributed by atoms with van der Waals surface area (Å²) in [4.78, 5) is 12.8. The number of nitrogens with zero attached hydrogens (tertiary/aromatic N) is 2. The summed E-state index contributed by atoms with van der Waals surface area (Å²) in [7, 11) is 0. The molecule has 5 nitrogen and oxygen atoms in total. The molecule has 3 aromatic carbocycles. The van der Waals surface area contributed by atoms with Gasteiger partial charge in [-0.3, -0.25) is 15.0 Å². The Balaban J connectivity index is 1.66. The molecule has 0 aromatic heterocycles. The van der Waals surface area contributed by atoms with E-state index in [-0.39, 0.29) is 16.7 Å². The Hall–Kier alpha value is -2.44. The van der Waals surface area contributed by atoms with E-state index >= 15 is 0 Å². The molecule has 1 aliphatic heterocycles. The van der Waals surface area contributed by atoms with Crippen LogP contribution in [0, 0.1) is 10.1 Å². The molecule has 1 fully saturated rings. The van der Waals surface area contributed by atoms with Crippen molar-refractivity contribution in [2.45, 2.75) is 25.4 Å². The number of nitro groups is 1. The van der Waals surface area contributed by atoms with Crippen LogP contribution >= 0.6 is 15.9 Å². The van der Waals surface area contributed by atoms with Gasteiger partial charge in [0.2, 0.25) is 0 Å². The molecule has 1 saturated heterocycles. The van der Waals surface area contributed by atoms with Crippen LogP contribution in [0.1, 0.15) is 30.0 Å². The molecule has 0 amide bonds. The summed E-state index contributed by atoms with van der Waals surface area (Å²) in [6.07, 6.45) is 2.04. The van der Waals surface area contributed by atoms with E-state index < -0.39 is 0 Å². The smallest absolute Gasteiger partial charge is 0.269 e. The number of hydrogen-bond donors (Lipinski definition) is 1. The Morgan fingerprint density at radius 3 is 2.67 bits per heavy atom. The highest BCUT2D eigenvalue weighted by molar-refractivity contribution is 9.10. The van der Waals surface area contributed by atoms with Crippen molar-refractivity contribution in [2.75, 3.05) is 6.54 Å². The summed E-state index contributed by atoms with van der Waals surface area (Å²) in [5.74, 6) is 0.324. The number of hydrogen-bond acceptors (Lipinski definition) is 4. The van der Waals surface area contributed by atoms with Crippen LogP contribution in [0.15, 0.2) is 59.1 Å². The first-order valence-electron chi connectivity index (χ1n) is 8.91. The van der Waals surface area contributed by atoms with Crippen LogP contribution in [-0.4, -0.2) is 21.5 Å². The molecule has 0 spiro atoms. The summed E-state index contributed by atoms with van der Waals surface area (Å²) >= 11 is 3.51. The third kappa shape index (κ3) is 3.55. The van der Waals surface area contributed by atoms with E-state index in [4.69, 9.17) is 0 Å². The molecule has 1 N–H and O–H groups in total. The van der Waals surface area contributed by atoms with E-state index in [9.17, 15) is 15.2 Å². The number of rotatable bonds is 4. The zero-order valence-corrected chi connectivity index (χ0v) is 16.2. The molecule has 6 heteroatoms. The second kappa shape index (κ2) is 7.29. The number of likely N-dealkylation sites (tertiary alicyclic amines) is 1. The number of phenolic OH excluding ortho intramolecular Hbond substituents is 1. The van der Waals surface area contributed by atoms with Gasteiger partial charge in [-0.15, -0.1) is 0 Å². The standard InChI is InChI=1S/C21H19BrN2O3/c22-16-6-9-18-15(12-16)5-10-20(25)21(18)19-2-1-11-23(19)13-14-3-7-17(8-4-14)24(26)27/h3-10,12,19,25H,1-2,11,13H2. The van der Waals surface area contributed by atoms with Gasteiger partial charge in [0, 0.05) is 34.8 Å². The Kier molecular flexibility index (Phi) is 4.85. The molecule has 1 aliphatic rings. The number of fused-ring (bicyclic) bond motifs is 1. The fourth-order valence-electron chi connectivity index (χ4n) is 3.96. The maximum atomic E-state index is 10.8. The molecule has 4 rings (SSSR count). The van der Waals surface area contributed by atoms with Crippen LogP contribution < -0.4 is 0 Å². The predicted octanol–water partition coefficient (Wildman–Crippen LogP) is 5.55. The minimum Gasteiger partial charge on any atom is -0.508 e. The minimum atomic E-state index is -0.380. The SMILES string of the molecule is O=[N+]([O-])c1ccc(CN2CCCC2c2c(O)ccc3cc(Br)ccc23)cc1. The van der Waals surface area contributed by atoms with Gasteiger partial charge in [-0.2, -0.15) is 0 Å². The lowest BCUT2D eigenvalue weighted by Gasteiger charge is -2.26. The maximum absolute atomic E-state index is 10.8. The first-order valence-corrected chi connectivity index (χ1v) is 9.71. The monoisotopic (exact) mass is 426 g/mol. The van der Waals surface area contributed by atoms with Crippen LogP contribution in [0.25, 0.3) is 10.8 Å². The maximum Gasteiger partial charge on any atom is 0.269 e. The Bertz CT molecular complexity index is 1000. The lowest BCUT2D eigenvalue weighted by molar-refractivity contribution is -0.384. The first-order chi connectivity index (χ1) is 13.0. The molecular weight excluding hydrogens is 408 g/mol. The lowest BCUT2D eigenvalue weighted by atomic mass is 9.96. The van der Waals surface area contributed by atoms with Gasteiger partial charge in [-0.25, -0.2) is 0 Å². The van der Waals surface area contributed by atoms with Gasteiger partial charge < -0.3 is 5.11 Å². The number of nitro benzene ring substituents is 1. The van der Waals surface area contributed by atoms with Crippen LogP contribution in [-0.2, 0) is 6.54 Å². The normalized spacial score (nSPS) is 17.4. The fourth-order valence-corrected chi connectivity index (χ4v) is 4.34. The third-order valence-electron chi connectivity index (χ3n) is 5.23. The predicted molar refractivity (Wildman–Crippen MR) is 109 cm³/mol. The topological polar surface area (TPSA) is 66.6 Å². The van der Waals surface area contributed by atoms with Crippen molar-refractivity contribution in [1.29, 1.82) is 0 Å². The zero-order chi connectivity index (χ0) is 19.0. The van der Waals surface area contributed by atoms with Crippen LogP contribution in [0.3, 0.4) is 0 Å². The van der Waals surface area contributed by atoms with Crippen molar-refractivity contribution >= 4 is 32.4 Å². The fraction of sp³-hybridized carbons (Fsp3) is 0.238. The molecule has 1 atom stereocenters. The van der Waals surface area contributed by atoms with Crippen molar-refractivity contribution in [3.8, 4) is 5.75 Å². The number of benzene rings is 3. The van der Waals surface area contributed by atoms with Gasteiger partial charge in [0.05, 0.1) is 4.92 Å². The van der Waals surface area contributed by atoms with Gasteiger partial charge >= 0.3 is 0 Å². The molecule has 1 unspecified atom stereocenters. The van der Waals surface area contributed by atoms with Crippen molar-refractivity contribution in [3.63, 3.8) is 0 Å². The van der Waals surface area contributed by atoms with Crippen molar-refractivity contribution in [3.05, 3.63) is 80.3 Å². The van der Waals surface area contributed by atoms with Gasteiger partial charge in [0.15, 0.2) is 0 Å².